The lowest BCUT2D eigenvalue weighted by atomic mass is 9.84. The van der Waals surface area contributed by atoms with Crippen LogP contribution in [0.3, 0.4) is 0 Å². The van der Waals surface area contributed by atoms with Gasteiger partial charge in [0.15, 0.2) is 0 Å². The van der Waals surface area contributed by atoms with Crippen molar-refractivity contribution in [2.75, 3.05) is 26.9 Å². The van der Waals surface area contributed by atoms with Crippen LogP contribution in [0.25, 0.3) is 0 Å². The zero-order valence-corrected chi connectivity index (χ0v) is 19.5. The Balaban J connectivity index is -0.000000162. The molecule has 0 atom stereocenters. The molecule has 0 aromatic rings. The molecule has 0 fully saturated rings. The summed E-state index contributed by atoms with van der Waals surface area (Å²) in [7, 11) is 1.61. The molecule has 0 saturated carbocycles. The maximum absolute atomic E-state index is 11.5. The number of amides is 1. The quantitative estimate of drug-likeness (QED) is 0.543. The van der Waals surface area contributed by atoms with Gasteiger partial charge in [-0.25, -0.2) is 0 Å². The summed E-state index contributed by atoms with van der Waals surface area (Å²) in [5.74, 6) is 0.395. The van der Waals surface area contributed by atoms with E-state index in [4.69, 9.17) is 9.47 Å². The molecule has 0 rings (SSSR count). The molecule has 0 radical (unpaired) electrons. The van der Waals surface area contributed by atoms with E-state index < -0.39 is 0 Å². The smallest absolute Gasteiger partial charge is 0.219 e. The fourth-order valence-electron chi connectivity index (χ4n) is 1.59. The van der Waals surface area contributed by atoms with Crippen molar-refractivity contribution in [2.45, 2.75) is 94.6 Å². The fraction of sp³-hybridized carbons (Fsp3) is 0.905. The van der Waals surface area contributed by atoms with Crippen LogP contribution in [0.1, 0.15) is 88.5 Å². The first-order chi connectivity index (χ1) is 12.2. The van der Waals surface area contributed by atoms with E-state index in [1.54, 1.807) is 7.11 Å². The third-order valence-corrected chi connectivity index (χ3v) is 3.20. The van der Waals surface area contributed by atoms with Crippen molar-refractivity contribution < 1.29 is 19.1 Å². The third kappa shape index (κ3) is 25.3. The molecule has 5 nitrogen and oxygen atoms in total. The van der Waals surface area contributed by atoms with Crippen molar-refractivity contribution in [3.8, 4) is 0 Å². The average molecular weight is 378 g/mol. The van der Waals surface area contributed by atoms with Crippen LogP contribution in [0.2, 0.25) is 0 Å². The Bertz CT molecular complexity index is 302. The summed E-state index contributed by atoms with van der Waals surface area (Å²) >= 11 is 0. The summed E-state index contributed by atoms with van der Waals surface area (Å²) in [6, 6.07) is 0. The molecule has 0 unspecified atom stereocenters. The molecular formula is C21H47NO4. The number of nitrogens with one attached hydrogen (secondary N) is 1. The van der Waals surface area contributed by atoms with Crippen LogP contribution in [-0.2, 0) is 19.1 Å². The van der Waals surface area contributed by atoms with Gasteiger partial charge < -0.3 is 14.8 Å². The van der Waals surface area contributed by atoms with E-state index >= 15 is 0 Å². The maximum atomic E-state index is 11.5. The molecular weight excluding hydrogens is 330 g/mol. The van der Waals surface area contributed by atoms with E-state index in [9.17, 15) is 9.59 Å². The Hall–Kier alpha value is -0.940. The number of carbonyl (C=O) groups excluding carboxylic acids is 2. The predicted octanol–water partition coefficient (Wildman–Crippen LogP) is 5.02. The van der Waals surface area contributed by atoms with Gasteiger partial charge in [-0.3, -0.25) is 9.59 Å². The first-order valence-electron chi connectivity index (χ1n) is 10.1. The summed E-state index contributed by atoms with van der Waals surface area (Å²) in [4.78, 5) is 22.0. The summed E-state index contributed by atoms with van der Waals surface area (Å²) < 4.78 is 10.1. The van der Waals surface area contributed by atoms with Crippen LogP contribution < -0.4 is 5.32 Å². The van der Waals surface area contributed by atoms with Gasteiger partial charge in [0.2, 0.25) is 5.91 Å². The summed E-state index contributed by atoms with van der Waals surface area (Å²) in [6.45, 7) is 21.6. The highest BCUT2D eigenvalue weighted by molar-refractivity contribution is 5.83. The van der Waals surface area contributed by atoms with Crippen LogP contribution in [0.4, 0.5) is 0 Å². The Morgan fingerprint density at radius 1 is 0.962 bits per heavy atom. The van der Waals surface area contributed by atoms with Crippen LogP contribution >= 0.6 is 0 Å². The molecule has 0 bridgehead atoms. The third-order valence-electron chi connectivity index (χ3n) is 3.20. The van der Waals surface area contributed by atoms with E-state index in [2.05, 4.69) is 5.32 Å². The summed E-state index contributed by atoms with van der Waals surface area (Å²) in [6.07, 6.45) is 2.24. The van der Waals surface area contributed by atoms with Crippen molar-refractivity contribution in [3.05, 3.63) is 0 Å². The van der Waals surface area contributed by atoms with Crippen LogP contribution in [0.5, 0.6) is 0 Å². The Labute approximate surface area is 163 Å². The van der Waals surface area contributed by atoms with Gasteiger partial charge in [-0.15, -0.1) is 0 Å². The van der Waals surface area contributed by atoms with Gasteiger partial charge in [0.1, 0.15) is 5.78 Å². The first kappa shape index (κ1) is 32.7. The highest BCUT2D eigenvalue weighted by atomic mass is 16.5. The molecule has 5 heteroatoms. The van der Waals surface area contributed by atoms with E-state index in [1.165, 1.54) is 0 Å². The number of hydrogen-bond acceptors (Lipinski definition) is 4. The Morgan fingerprint density at radius 2 is 1.46 bits per heavy atom. The van der Waals surface area contributed by atoms with Gasteiger partial charge in [-0.1, -0.05) is 55.4 Å². The van der Waals surface area contributed by atoms with E-state index in [-0.39, 0.29) is 17.4 Å². The molecule has 160 valence electrons. The summed E-state index contributed by atoms with van der Waals surface area (Å²) in [5, 5.41) is 2.67. The van der Waals surface area contributed by atoms with E-state index in [1.807, 2.05) is 69.2 Å². The SMILES string of the molecule is CC.CC.CCC(=O)C(C)(C)CCOC(C)C.CCC(=O)NCCOC. The van der Waals surface area contributed by atoms with Crippen molar-refractivity contribution in [2.24, 2.45) is 5.41 Å². The molecule has 26 heavy (non-hydrogen) atoms. The van der Waals surface area contributed by atoms with Crippen molar-refractivity contribution in [1.82, 2.24) is 5.32 Å². The lowest BCUT2D eigenvalue weighted by Crippen LogP contribution is -2.25. The van der Waals surface area contributed by atoms with Gasteiger partial charge in [0, 0.05) is 38.5 Å². The fourth-order valence-corrected chi connectivity index (χ4v) is 1.59. The molecule has 1 N–H and O–H groups in total. The number of hydrogen-bond donors (Lipinski definition) is 1. The largest absolute Gasteiger partial charge is 0.383 e. The molecule has 1 amide bonds. The van der Waals surface area contributed by atoms with Crippen LogP contribution in [0, 0.1) is 5.41 Å². The zero-order valence-electron chi connectivity index (χ0n) is 19.5. The highest BCUT2D eigenvalue weighted by Crippen LogP contribution is 2.23. The first-order valence-corrected chi connectivity index (χ1v) is 10.1. The minimum atomic E-state index is -0.219. The van der Waals surface area contributed by atoms with Gasteiger partial charge in [-0.05, 0) is 20.3 Å². The minimum absolute atomic E-state index is 0.0760. The molecule has 0 aliphatic rings. The molecule has 0 spiro atoms. The van der Waals surface area contributed by atoms with Crippen LogP contribution in [-0.4, -0.2) is 44.7 Å². The standard InChI is InChI=1S/C11H22O2.C6H13NO2.2C2H6/c1-6-10(12)11(4,5)7-8-13-9(2)3;1-3-6(8)7-4-5-9-2;2*1-2/h9H,6-8H2,1-5H3;3-5H2,1-2H3,(H,7,8);2*1-2H3. The number of ketones is 1. The van der Waals surface area contributed by atoms with E-state index in [0.717, 1.165) is 6.42 Å². The Kier molecular flexibility index (Phi) is 30.3. The number of Topliss-reactive ketones (excluding diaryl/α,β-unsaturated/α-hetero) is 1. The second-order valence-electron chi connectivity index (χ2n) is 6.03. The normalized spacial score (nSPS) is 9.69. The second-order valence-corrected chi connectivity index (χ2v) is 6.03. The molecule has 0 aliphatic heterocycles. The molecule has 0 aliphatic carbocycles. The van der Waals surface area contributed by atoms with Gasteiger partial charge >= 0.3 is 0 Å². The van der Waals surface area contributed by atoms with Crippen LogP contribution in [0.15, 0.2) is 0 Å². The van der Waals surface area contributed by atoms with Crippen molar-refractivity contribution in [3.63, 3.8) is 0 Å². The second kappa shape index (κ2) is 24.1. The Morgan fingerprint density at radius 3 is 1.81 bits per heavy atom. The number of carbonyl (C=O) groups is 2. The maximum Gasteiger partial charge on any atom is 0.219 e. The number of rotatable bonds is 10. The predicted molar refractivity (Wildman–Crippen MR) is 113 cm³/mol. The van der Waals surface area contributed by atoms with Gasteiger partial charge in [0.05, 0.1) is 12.7 Å². The molecule has 0 heterocycles. The topological polar surface area (TPSA) is 64.6 Å². The summed E-state index contributed by atoms with van der Waals surface area (Å²) in [5.41, 5.74) is -0.219. The van der Waals surface area contributed by atoms with Crippen molar-refractivity contribution in [1.29, 1.82) is 0 Å². The lowest BCUT2D eigenvalue weighted by Gasteiger charge is -2.22. The highest BCUT2D eigenvalue weighted by Gasteiger charge is 2.25. The monoisotopic (exact) mass is 377 g/mol. The number of methoxy groups -OCH3 is 1. The zero-order chi connectivity index (χ0) is 21.6. The molecule has 0 aromatic heterocycles. The van der Waals surface area contributed by atoms with E-state index in [0.29, 0.717) is 38.4 Å². The minimum Gasteiger partial charge on any atom is -0.383 e. The average Bonchev–Trinajstić information content (AvgIpc) is 2.64. The van der Waals surface area contributed by atoms with Gasteiger partial charge in [-0.2, -0.15) is 0 Å². The van der Waals surface area contributed by atoms with Crippen molar-refractivity contribution >= 4 is 11.7 Å². The molecule has 0 saturated heterocycles. The van der Waals surface area contributed by atoms with Gasteiger partial charge in [0.25, 0.3) is 0 Å². The number of ether oxygens (including phenoxy) is 2. The lowest BCUT2D eigenvalue weighted by molar-refractivity contribution is -0.128. The molecule has 0 aromatic carbocycles.